The number of nitrogen functional groups attached to an aromatic ring is 1. The van der Waals surface area contributed by atoms with E-state index in [9.17, 15) is 4.79 Å². The summed E-state index contributed by atoms with van der Waals surface area (Å²) in [5.41, 5.74) is 10.1. The molecule has 0 aliphatic carbocycles. The van der Waals surface area contributed by atoms with Gasteiger partial charge in [-0.15, -0.1) is 5.06 Å². The summed E-state index contributed by atoms with van der Waals surface area (Å²) in [6.45, 7) is 11.3. The van der Waals surface area contributed by atoms with Gasteiger partial charge in [-0.25, -0.2) is 4.79 Å². The van der Waals surface area contributed by atoms with Gasteiger partial charge < -0.3 is 10.6 Å². The number of rotatable bonds is 2. The molecule has 0 radical (unpaired) electrons. The first-order valence-corrected chi connectivity index (χ1v) is 8.02. The van der Waals surface area contributed by atoms with E-state index in [-0.39, 0.29) is 5.97 Å². The molecule has 122 valence electrons. The zero-order valence-electron chi connectivity index (χ0n) is 14.4. The van der Waals surface area contributed by atoms with E-state index in [2.05, 4.69) is 26.0 Å². The molecule has 0 spiro atoms. The third-order valence-corrected chi connectivity index (χ3v) is 4.37. The van der Waals surface area contributed by atoms with Crippen molar-refractivity contribution in [3.8, 4) is 0 Å². The van der Waals surface area contributed by atoms with Crippen molar-refractivity contribution in [2.24, 2.45) is 5.41 Å². The van der Waals surface area contributed by atoms with Crippen molar-refractivity contribution >= 4 is 11.7 Å². The van der Waals surface area contributed by atoms with Crippen molar-refractivity contribution in [1.29, 1.82) is 0 Å². The van der Waals surface area contributed by atoms with Gasteiger partial charge in [0.25, 0.3) is 0 Å². The van der Waals surface area contributed by atoms with Crippen molar-refractivity contribution in [1.82, 2.24) is 5.06 Å². The number of carbonyl (C=O) groups excluding carboxylic acids is 1. The van der Waals surface area contributed by atoms with Crippen LogP contribution in [0.1, 0.15) is 56.2 Å². The molecule has 1 aromatic carbocycles. The maximum Gasteiger partial charge on any atom is 0.330 e. The van der Waals surface area contributed by atoms with Gasteiger partial charge >= 0.3 is 5.97 Å². The monoisotopic (exact) mass is 304 g/mol. The zero-order valence-corrected chi connectivity index (χ0v) is 14.4. The maximum absolute atomic E-state index is 11.9. The Bertz CT molecular complexity index is 530. The molecule has 1 fully saturated rings. The molecule has 1 saturated heterocycles. The van der Waals surface area contributed by atoms with Crippen LogP contribution in [-0.4, -0.2) is 24.1 Å². The van der Waals surface area contributed by atoms with Crippen molar-refractivity contribution in [2.75, 3.05) is 18.8 Å². The highest BCUT2D eigenvalue weighted by Gasteiger charge is 2.28. The van der Waals surface area contributed by atoms with Gasteiger partial charge in [-0.1, -0.05) is 12.1 Å². The molecule has 1 heterocycles. The van der Waals surface area contributed by atoms with Gasteiger partial charge in [0.2, 0.25) is 0 Å². The summed E-state index contributed by atoms with van der Waals surface area (Å²) in [6, 6.07) is 4.40. The lowest BCUT2D eigenvalue weighted by molar-refractivity contribution is -0.204. The Labute approximate surface area is 133 Å². The fraction of sp³-hybridized carbons (Fsp3) is 0.611. The second-order valence-corrected chi connectivity index (χ2v) is 7.40. The van der Waals surface area contributed by atoms with E-state index in [1.165, 1.54) is 5.56 Å². The highest BCUT2D eigenvalue weighted by Crippen LogP contribution is 2.32. The summed E-state index contributed by atoms with van der Waals surface area (Å²) in [5, 5.41) is 1.81. The van der Waals surface area contributed by atoms with Crippen molar-refractivity contribution in [3.05, 3.63) is 28.8 Å². The number of carbonyl (C=O) groups is 1. The molecule has 1 aromatic rings. The smallest absolute Gasteiger partial charge is 0.330 e. The van der Waals surface area contributed by atoms with E-state index in [0.29, 0.717) is 5.92 Å². The SMILES string of the molecule is Cc1cc(C2CCN(OC(=O)C(C)(C)C)CC2)cc(C)c1N. The number of aryl methyl sites for hydroxylation is 2. The molecule has 2 rings (SSSR count). The van der Waals surface area contributed by atoms with Crippen LogP contribution in [0.25, 0.3) is 0 Å². The average Bonchev–Trinajstić information content (AvgIpc) is 2.44. The molecule has 0 saturated carbocycles. The molecule has 0 aromatic heterocycles. The molecule has 2 N–H and O–H groups in total. The topological polar surface area (TPSA) is 55.6 Å². The van der Waals surface area contributed by atoms with Crippen LogP contribution < -0.4 is 5.73 Å². The van der Waals surface area contributed by atoms with Gasteiger partial charge in [-0.05, 0) is 70.1 Å². The molecule has 1 aliphatic rings. The summed E-state index contributed by atoms with van der Waals surface area (Å²) in [5.74, 6) is 0.354. The number of hydroxylamine groups is 2. The molecule has 0 amide bonds. The van der Waals surface area contributed by atoms with Crippen LogP contribution in [-0.2, 0) is 9.63 Å². The Morgan fingerprint density at radius 2 is 1.68 bits per heavy atom. The Balaban J connectivity index is 1.97. The van der Waals surface area contributed by atoms with Gasteiger partial charge in [0.05, 0.1) is 5.41 Å². The van der Waals surface area contributed by atoms with Gasteiger partial charge in [-0.2, -0.15) is 0 Å². The van der Waals surface area contributed by atoms with Crippen LogP contribution in [0.4, 0.5) is 5.69 Å². The molecule has 0 atom stereocenters. The fourth-order valence-corrected chi connectivity index (χ4v) is 2.78. The standard InChI is InChI=1S/C18H28N2O2/c1-12-10-15(11-13(2)16(12)19)14-6-8-20(9-7-14)22-17(21)18(3,4)5/h10-11,14H,6-9,19H2,1-5H3. The largest absolute Gasteiger partial charge is 0.398 e. The van der Waals surface area contributed by atoms with Crippen molar-refractivity contribution < 1.29 is 9.63 Å². The van der Waals surface area contributed by atoms with Crippen LogP contribution in [0.15, 0.2) is 12.1 Å². The lowest BCUT2D eigenvalue weighted by atomic mass is 9.88. The molecule has 22 heavy (non-hydrogen) atoms. The first-order valence-electron chi connectivity index (χ1n) is 8.02. The Morgan fingerprint density at radius 3 is 2.14 bits per heavy atom. The lowest BCUT2D eigenvalue weighted by Crippen LogP contribution is -2.38. The number of benzene rings is 1. The summed E-state index contributed by atoms with van der Waals surface area (Å²) >= 11 is 0. The number of anilines is 1. The summed E-state index contributed by atoms with van der Waals surface area (Å²) in [4.78, 5) is 17.4. The summed E-state index contributed by atoms with van der Waals surface area (Å²) in [6.07, 6.45) is 2.00. The summed E-state index contributed by atoms with van der Waals surface area (Å²) in [7, 11) is 0. The molecular weight excluding hydrogens is 276 g/mol. The van der Waals surface area contributed by atoms with E-state index < -0.39 is 5.41 Å². The van der Waals surface area contributed by atoms with Gasteiger partial charge in [0.1, 0.15) is 0 Å². The van der Waals surface area contributed by atoms with E-state index in [0.717, 1.165) is 42.7 Å². The molecule has 1 aliphatic heterocycles. The minimum absolute atomic E-state index is 0.162. The third kappa shape index (κ3) is 3.80. The normalized spacial score (nSPS) is 17.5. The highest BCUT2D eigenvalue weighted by atomic mass is 16.7. The second-order valence-electron chi connectivity index (χ2n) is 7.40. The van der Waals surface area contributed by atoms with Crippen molar-refractivity contribution in [3.63, 3.8) is 0 Å². The molecule has 0 unspecified atom stereocenters. The summed E-state index contributed by atoms with van der Waals surface area (Å²) < 4.78 is 0. The van der Waals surface area contributed by atoms with Crippen LogP contribution in [0.2, 0.25) is 0 Å². The van der Waals surface area contributed by atoms with Gasteiger partial charge in [-0.3, -0.25) is 0 Å². The molecule has 4 heteroatoms. The highest BCUT2D eigenvalue weighted by molar-refractivity contribution is 5.75. The number of nitrogens with zero attached hydrogens (tertiary/aromatic N) is 1. The van der Waals surface area contributed by atoms with Gasteiger partial charge in [0, 0.05) is 18.8 Å². The fourth-order valence-electron chi connectivity index (χ4n) is 2.78. The van der Waals surface area contributed by atoms with Gasteiger partial charge in [0.15, 0.2) is 0 Å². The predicted octanol–water partition coefficient (Wildman–Crippen LogP) is 3.57. The van der Waals surface area contributed by atoms with Crippen LogP contribution in [0, 0.1) is 19.3 Å². The third-order valence-electron chi connectivity index (χ3n) is 4.37. The quantitative estimate of drug-likeness (QED) is 0.849. The maximum atomic E-state index is 11.9. The van der Waals surface area contributed by atoms with E-state index in [4.69, 9.17) is 10.6 Å². The van der Waals surface area contributed by atoms with E-state index in [1.54, 1.807) is 5.06 Å². The minimum atomic E-state index is -0.456. The first kappa shape index (κ1) is 16.8. The number of piperidine rings is 1. The second kappa shape index (κ2) is 6.29. The molecule has 0 bridgehead atoms. The van der Waals surface area contributed by atoms with Crippen LogP contribution >= 0.6 is 0 Å². The zero-order chi connectivity index (χ0) is 16.5. The Hall–Kier alpha value is -1.55. The first-order chi connectivity index (χ1) is 10.2. The van der Waals surface area contributed by atoms with Crippen molar-refractivity contribution in [2.45, 2.75) is 53.4 Å². The number of nitrogens with two attached hydrogens (primary N) is 1. The lowest BCUT2D eigenvalue weighted by Gasteiger charge is -2.32. The van der Waals surface area contributed by atoms with Crippen LogP contribution in [0.5, 0.6) is 0 Å². The Kier molecular flexibility index (Phi) is 4.81. The molecular formula is C18H28N2O2. The van der Waals surface area contributed by atoms with E-state index in [1.807, 2.05) is 20.8 Å². The Morgan fingerprint density at radius 1 is 1.18 bits per heavy atom. The van der Waals surface area contributed by atoms with E-state index >= 15 is 0 Å². The predicted molar refractivity (Wildman–Crippen MR) is 89.4 cm³/mol. The number of hydrogen-bond acceptors (Lipinski definition) is 4. The minimum Gasteiger partial charge on any atom is -0.398 e. The van der Waals surface area contributed by atoms with Crippen LogP contribution in [0.3, 0.4) is 0 Å². The molecule has 4 nitrogen and oxygen atoms in total. The number of hydrogen-bond donors (Lipinski definition) is 1. The average molecular weight is 304 g/mol.